The van der Waals surface area contributed by atoms with Crippen LogP contribution in [0.5, 0.6) is 0 Å². The minimum absolute atomic E-state index is 0.536. The molecule has 0 saturated heterocycles. The van der Waals surface area contributed by atoms with E-state index in [-0.39, 0.29) is 0 Å². The van der Waals surface area contributed by atoms with Gasteiger partial charge in [0.2, 0.25) is 0 Å². The molecule has 0 bridgehead atoms. The highest BCUT2D eigenvalue weighted by Gasteiger charge is 2.52. The molecule has 0 fully saturated rings. The van der Waals surface area contributed by atoms with Gasteiger partial charge in [0.15, 0.2) is 0 Å². The van der Waals surface area contributed by atoms with Crippen LogP contribution in [0.2, 0.25) is 0 Å². The molecule has 0 amide bonds. The van der Waals surface area contributed by atoms with Crippen LogP contribution in [0, 0.1) is 0 Å². The van der Waals surface area contributed by atoms with E-state index in [2.05, 4.69) is 267 Å². The van der Waals surface area contributed by atoms with E-state index in [4.69, 9.17) is 0 Å². The Morgan fingerprint density at radius 1 is 0.348 bits per heavy atom. The van der Waals surface area contributed by atoms with Crippen LogP contribution < -0.4 is 4.90 Å². The van der Waals surface area contributed by atoms with E-state index < -0.39 is 10.8 Å². The fourth-order valence-corrected chi connectivity index (χ4v) is 13.0. The summed E-state index contributed by atoms with van der Waals surface area (Å²) in [6.07, 6.45) is 0.931. The van der Waals surface area contributed by atoms with Gasteiger partial charge in [0, 0.05) is 16.9 Å². The van der Waals surface area contributed by atoms with Gasteiger partial charge in [-0.1, -0.05) is 231 Å². The van der Waals surface area contributed by atoms with Crippen LogP contribution in [0.3, 0.4) is 0 Å². The summed E-state index contributed by atoms with van der Waals surface area (Å²) in [6.45, 7) is 2.33. The molecule has 0 aliphatic heterocycles. The summed E-state index contributed by atoms with van der Waals surface area (Å²) in [5.41, 5.74) is 24.3. The maximum Gasteiger partial charge on any atom is 0.0729 e. The lowest BCUT2D eigenvalue weighted by Crippen LogP contribution is -2.33. The van der Waals surface area contributed by atoms with Crippen LogP contribution in [0.15, 0.2) is 255 Å². The molecule has 0 radical (unpaired) electrons. The summed E-state index contributed by atoms with van der Waals surface area (Å²) in [4.78, 5) is 2.55. The molecule has 0 N–H and O–H groups in total. The molecular weight excluding hydrogens is 831 g/mol. The van der Waals surface area contributed by atoms with Gasteiger partial charge in [-0.2, -0.15) is 0 Å². The summed E-state index contributed by atoms with van der Waals surface area (Å²) < 4.78 is 0. The van der Waals surface area contributed by atoms with Crippen LogP contribution in [-0.4, -0.2) is 0 Å². The zero-order chi connectivity index (χ0) is 45.7. The van der Waals surface area contributed by atoms with Gasteiger partial charge in [-0.05, 0) is 137 Å². The molecule has 1 unspecified atom stereocenters. The zero-order valence-corrected chi connectivity index (χ0v) is 38.4. The fourth-order valence-electron chi connectivity index (χ4n) is 13.0. The van der Waals surface area contributed by atoms with Crippen molar-refractivity contribution in [1.82, 2.24) is 0 Å². The molecule has 0 saturated carbocycles. The van der Waals surface area contributed by atoms with E-state index in [1.165, 1.54) is 105 Å². The molecule has 69 heavy (non-hydrogen) atoms. The Bertz CT molecular complexity index is 3770. The van der Waals surface area contributed by atoms with Gasteiger partial charge in [-0.15, -0.1) is 0 Å². The number of anilines is 3. The van der Waals surface area contributed by atoms with Crippen LogP contribution in [0.1, 0.15) is 57.0 Å². The van der Waals surface area contributed by atoms with Gasteiger partial charge in [-0.3, -0.25) is 0 Å². The van der Waals surface area contributed by atoms with Gasteiger partial charge >= 0.3 is 0 Å². The Kier molecular flexibility index (Phi) is 8.76. The molecule has 1 atom stereocenters. The number of fused-ring (bicyclic) bond motifs is 12. The molecule has 14 rings (SSSR count). The highest BCUT2D eigenvalue weighted by atomic mass is 15.1. The van der Waals surface area contributed by atoms with E-state index in [0.29, 0.717) is 0 Å². The minimum Gasteiger partial charge on any atom is -0.310 e. The molecule has 11 aromatic carbocycles. The van der Waals surface area contributed by atoms with E-state index in [1.54, 1.807) is 0 Å². The van der Waals surface area contributed by atoms with Crippen LogP contribution in [-0.2, 0) is 17.3 Å². The van der Waals surface area contributed by atoms with E-state index >= 15 is 0 Å². The van der Waals surface area contributed by atoms with Crippen LogP contribution in [0.4, 0.5) is 17.1 Å². The van der Waals surface area contributed by atoms with E-state index in [9.17, 15) is 0 Å². The summed E-state index contributed by atoms with van der Waals surface area (Å²) in [5, 5.41) is 2.65. The standard InChI is InChI=1S/C68H47N/c1-2-45-36-37-48-22-18-30-56-54-28-13-16-32-59(54)68(66(45)64(48)56)58-31-15-12-27-53(58)55-43-42-52(44-62(55)68)69(51-40-38-47(39-41-51)46-20-6-3-7-21-46)63-35-19-34-61-65(63)57-29-14-17-33-60(57)67(61,49-23-8-4-9-24-49)50-25-10-5-11-26-50/h3-44H,2H2,1H3. The Hall–Kier alpha value is -8.52. The number of hydrogen-bond acceptors (Lipinski definition) is 1. The molecule has 0 aromatic heterocycles. The first kappa shape index (κ1) is 39.6. The molecule has 3 aliphatic rings. The predicted molar refractivity (Wildman–Crippen MR) is 287 cm³/mol. The normalized spacial score (nSPS) is 15.3. The van der Waals surface area contributed by atoms with Gasteiger partial charge in [0.25, 0.3) is 0 Å². The molecule has 0 heterocycles. The smallest absolute Gasteiger partial charge is 0.0729 e. The predicted octanol–water partition coefficient (Wildman–Crippen LogP) is 17.2. The van der Waals surface area contributed by atoms with Crippen molar-refractivity contribution in [3.05, 3.63) is 305 Å². The summed E-state index contributed by atoms with van der Waals surface area (Å²) in [5.74, 6) is 0. The van der Waals surface area contributed by atoms with Crippen LogP contribution >= 0.6 is 0 Å². The Morgan fingerprint density at radius 3 is 1.52 bits per heavy atom. The third kappa shape index (κ3) is 5.42. The van der Waals surface area contributed by atoms with Crippen molar-refractivity contribution in [3.8, 4) is 44.5 Å². The Labute approximate surface area is 404 Å². The topological polar surface area (TPSA) is 3.24 Å². The van der Waals surface area contributed by atoms with Crippen molar-refractivity contribution in [2.75, 3.05) is 4.90 Å². The maximum absolute atomic E-state index is 2.56. The highest BCUT2D eigenvalue weighted by molar-refractivity contribution is 6.08. The zero-order valence-electron chi connectivity index (χ0n) is 38.4. The number of nitrogens with zero attached hydrogens (tertiary/aromatic N) is 1. The third-order valence-electron chi connectivity index (χ3n) is 15.7. The highest BCUT2D eigenvalue weighted by Crippen LogP contribution is 2.64. The van der Waals surface area contributed by atoms with Crippen molar-refractivity contribution in [3.63, 3.8) is 0 Å². The largest absolute Gasteiger partial charge is 0.310 e. The first-order valence-corrected chi connectivity index (χ1v) is 24.4. The van der Waals surface area contributed by atoms with Crippen molar-refractivity contribution in [1.29, 1.82) is 0 Å². The first-order chi connectivity index (χ1) is 34.2. The number of rotatable bonds is 7. The van der Waals surface area contributed by atoms with Gasteiger partial charge in [0.1, 0.15) is 0 Å². The molecule has 1 nitrogen and oxygen atoms in total. The maximum atomic E-state index is 2.56. The molecule has 1 spiro atoms. The molecule has 3 aliphatic carbocycles. The monoisotopic (exact) mass is 877 g/mol. The lowest BCUT2D eigenvalue weighted by Gasteiger charge is -2.41. The van der Waals surface area contributed by atoms with Crippen molar-refractivity contribution in [2.24, 2.45) is 0 Å². The molecule has 324 valence electrons. The fraction of sp³-hybridized carbons (Fsp3) is 0.0588. The second-order valence-electron chi connectivity index (χ2n) is 18.9. The molecule has 11 aromatic rings. The first-order valence-electron chi connectivity index (χ1n) is 24.4. The third-order valence-corrected chi connectivity index (χ3v) is 15.7. The van der Waals surface area contributed by atoms with E-state index in [1.807, 2.05) is 0 Å². The van der Waals surface area contributed by atoms with Gasteiger partial charge < -0.3 is 4.90 Å². The average Bonchev–Trinajstić information content (AvgIpc) is 3.89. The minimum atomic E-state index is -0.554. The van der Waals surface area contributed by atoms with Crippen molar-refractivity contribution < 1.29 is 0 Å². The summed E-state index contributed by atoms with van der Waals surface area (Å²) in [7, 11) is 0. The van der Waals surface area contributed by atoms with E-state index in [0.717, 1.165) is 23.5 Å². The summed E-state index contributed by atoms with van der Waals surface area (Å²) in [6, 6.07) is 95.9. The lowest BCUT2D eigenvalue weighted by atomic mass is 9.60. The second kappa shape index (κ2) is 15.3. The second-order valence-corrected chi connectivity index (χ2v) is 18.9. The molecule has 1 heteroatoms. The summed E-state index contributed by atoms with van der Waals surface area (Å²) >= 11 is 0. The van der Waals surface area contributed by atoms with Gasteiger partial charge in [-0.25, -0.2) is 0 Å². The number of benzene rings is 11. The quantitative estimate of drug-likeness (QED) is 0.154. The molecular formula is C68H47N. The lowest BCUT2D eigenvalue weighted by molar-refractivity contribution is 0.759. The van der Waals surface area contributed by atoms with Crippen molar-refractivity contribution >= 4 is 27.8 Å². The Balaban J connectivity index is 1.08. The van der Waals surface area contributed by atoms with Gasteiger partial charge in [0.05, 0.1) is 16.5 Å². The van der Waals surface area contributed by atoms with Crippen LogP contribution in [0.25, 0.3) is 55.3 Å². The van der Waals surface area contributed by atoms with Crippen molar-refractivity contribution in [2.45, 2.75) is 24.2 Å². The SMILES string of the molecule is CCc1ccc2cccc3c2c1C1(c2ccccc2-c2ccc(N(c4ccc(-c5ccccc5)cc4)c4cccc5c4-c4ccccc4C5(c4ccccc4)c4ccccc4)cc21)c1ccccc1-3. The number of aryl methyl sites for hydroxylation is 1. The average molecular weight is 878 g/mol. The Morgan fingerprint density at radius 2 is 0.855 bits per heavy atom. The number of hydrogen-bond donors (Lipinski definition) is 0.